The van der Waals surface area contributed by atoms with Crippen LogP contribution in [0.1, 0.15) is 111 Å². The molecule has 0 saturated carbocycles. The van der Waals surface area contributed by atoms with Gasteiger partial charge in [0.15, 0.2) is 11.6 Å². The van der Waals surface area contributed by atoms with Crippen LogP contribution in [0.3, 0.4) is 0 Å². The number of hydrogen-bond donors (Lipinski definition) is 10. The lowest BCUT2D eigenvalue weighted by atomic mass is 9.98. The first kappa shape index (κ1) is 51.7. The fourth-order valence-electron chi connectivity index (χ4n) is 5.33. The van der Waals surface area contributed by atoms with E-state index in [1.807, 2.05) is 10.6 Å². The summed E-state index contributed by atoms with van der Waals surface area (Å²) < 4.78 is 0. The molecule has 0 fully saturated rings. The van der Waals surface area contributed by atoms with Crippen LogP contribution in [0.15, 0.2) is 18.2 Å². The summed E-state index contributed by atoms with van der Waals surface area (Å²) in [5.41, 5.74) is -1.00. The van der Waals surface area contributed by atoms with E-state index in [4.69, 9.17) is 20.4 Å². The second kappa shape index (κ2) is 25.9. The number of carboxylic acids is 6. The van der Waals surface area contributed by atoms with E-state index in [0.29, 0.717) is 0 Å². The summed E-state index contributed by atoms with van der Waals surface area (Å²) in [5.74, 6) is -14.2. The lowest BCUT2D eigenvalue weighted by Gasteiger charge is -2.17. The zero-order valence-electron chi connectivity index (χ0n) is 32.3. The molecule has 334 valence electrons. The molecular weight excluding hydrogens is 822 g/mol. The number of nitro benzene ring substituents is 1. The van der Waals surface area contributed by atoms with Gasteiger partial charge in [0.25, 0.3) is 5.69 Å². The fourth-order valence-corrected chi connectivity index (χ4v) is 5.33. The maximum Gasteiger partial charge on any atom is 0.326 e. The lowest BCUT2D eigenvalue weighted by Crippen LogP contribution is -2.47. The summed E-state index contributed by atoms with van der Waals surface area (Å²) in [6.45, 7) is 0. The van der Waals surface area contributed by atoms with E-state index in [1.54, 1.807) is 0 Å². The molecule has 0 radical (unpaired) electrons. The van der Waals surface area contributed by atoms with Crippen molar-refractivity contribution in [2.45, 2.75) is 114 Å². The van der Waals surface area contributed by atoms with Crippen molar-refractivity contribution in [2.24, 2.45) is 0 Å². The van der Waals surface area contributed by atoms with Gasteiger partial charge in [0.05, 0.1) is 17.8 Å². The highest BCUT2D eigenvalue weighted by Crippen LogP contribution is 2.21. The van der Waals surface area contributed by atoms with Gasteiger partial charge in [-0.2, -0.15) is 0 Å². The number of benzene rings is 1. The van der Waals surface area contributed by atoms with E-state index in [2.05, 4.69) is 10.6 Å². The quantitative estimate of drug-likeness (QED) is 0.0201. The number of non-ortho nitro benzene ring substituents is 1. The minimum atomic E-state index is -1.78. The van der Waals surface area contributed by atoms with Crippen molar-refractivity contribution < 1.29 is 93.1 Å². The van der Waals surface area contributed by atoms with E-state index in [1.165, 1.54) is 0 Å². The van der Waals surface area contributed by atoms with Crippen LogP contribution in [0.2, 0.25) is 0 Å². The first-order chi connectivity index (χ1) is 28.5. The van der Waals surface area contributed by atoms with Gasteiger partial charge in [-0.25, -0.2) is 19.2 Å². The molecule has 1 aromatic rings. The first-order valence-electron chi connectivity index (χ1n) is 18.4. The number of ketones is 2. The second-order valence-electron chi connectivity index (χ2n) is 13.4. The van der Waals surface area contributed by atoms with Crippen molar-refractivity contribution in [1.29, 1.82) is 0 Å². The van der Waals surface area contributed by atoms with Gasteiger partial charge in [0, 0.05) is 61.8 Å². The van der Waals surface area contributed by atoms with Crippen LogP contribution >= 0.6 is 0 Å². The van der Waals surface area contributed by atoms with Crippen molar-refractivity contribution in [3.8, 4) is 0 Å². The van der Waals surface area contributed by atoms with Crippen LogP contribution in [-0.4, -0.2) is 131 Å². The van der Waals surface area contributed by atoms with Crippen LogP contribution in [0.5, 0.6) is 0 Å². The molecule has 4 amide bonds. The van der Waals surface area contributed by atoms with Gasteiger partial charge in [-0.3, -0.25) is 48.5 Å². The molecule has 0 aliphatic heterocycles. The van der Waals surface area contributed by atoms with Gasteiger partial charge in [-0.15, -0.1) is 0 Å². The number of nitro groups is 1. The molecule has 0 saturated heterocycles. The number of carbonyl (C=O) groups is 12. The summed E-state index contributed by atoms with van der Waals surface area (Å²) in [7, 11) is 0. The zero-order valence-corrected chi connectivity index (χ0v) is 32.3. The Kier molecular flexibility index (Phi) is 21.9. The number of amides is 4. The number of carboxylic acid groups (broad SMARTS) is 6. The monoisotopic (exact) mass is 867 g/mol. The number of hydrogen-bond acceptors (Lipinski definition) is 14. The Morgan fingerprint density at radius 2 is 0.770 bits per heavy atom. The van der Waals surface area contributed by atoms with Gasteiger partial charge in [0.1, 0.15) is 24.2 Å². The summed E-state index contributed by atoms with van der Waals surface area (Å²) in [6, 6.07) is -3.81. The third-order valence-corrected chi connectivity index (χ3v) is 8.49. The van der Waals surface area contributed by atoms with Crippen LogP contribution in [0.4, 0.5) is 5.69 Å². The van der Waals surface area contributed by atoms with Gasteiger partial charge >= 0.3 is 35.8 Å². The van der Waals surface area contributed by atoms with Crippen molar-refractivity contribution in [3.63, 3.8) is 0 Å². The van der Waals surface area contributed by atoms with Crippen molar-refractivity contribution in [2.75, 3.05) is 0 Å². The number of nitrogens with one attached hydrogen (secondary N) is 4. The SMILES string of the molecule is O=C(O)CC[C@H](NC(=O)C[C@@H](NC(=O)CCCCC(=O)c1cc(C(=O)CCCCC(=O)N[C@H](CC(=O)N[C@@H](CCC(=O)O)C(=O)O)C(=O)O)cc([N+](=O)[O-])c1)C(=O)O)C(=O)O. The Hall–Kier alpha value is -7.34. The second-order valence-corrected chi connectivity index (χ2v) is 13.4. The number of unbranched alkanes of at least 4 members (excludes halogenated alkanes) is 2. The third kappa shape index (κ3) is 20.8. The van der Waals surface area contributed by atoms with Gasteiger partial charge in [-0.05, 0) is 44.6 Å². The van der Waals surface area contributed by atoms with E-state index in [9.17, 15) is 77.9 Å². The molecule has 1 aromatic carbocycles. The summed E-state index contributed by atoms with van der Waals surface area (Å²) in [6.07, 6.45) is -5.07. The van der Waals surface area contributed by atoms with Crippen molar-refractivity contribution >= 4 is 76.7 Å². The Bertz CT molecular complexity index is 1760. The van der Waals surface area contributed by atoms with Gasteiger partial charge in [-0.1, -0.05) is 0 Å². The van der Waals surface area contributed by atoms with E-state index < -0.39 is 144 Å². The molecule has 25 heteroatoms. The van der Waals surface area contributed by atoms with Crippen LogP contribution < -0.4 is 21.3 Å². The molecule has 10 N–H and O–H groups in total. The summed E-state index contributed by atoms with van der Waals surface area (Å²) >= 11 is 0. The highest BCUT2D eigenvalue weighted by atomic mass is 16.6. The molecule has 0 aliphatic rings. The predicted molar refractivity (Wildman–Crippen MR) is 200 cm³/mol. The minimum absolute atomic E-state index is 0.000865. The van der Waals surface area contributed by atoms with Crippen molar-refractivity contribution in [1.82, 2.24) is 21.3 Å². The normalized spacial score (nSPS) is 12.6. The molecule has 0 aromatic heterocycles. The smallest absolute Gasteiger partial charge is 0.326 e. The summed E-state index contributed by atoms with van der Waals surface area (Å²) in [5, 5.41) is 74.4. The number of aliphatic carboxylic acids is 6. The highest BCUT2D eigenvalue weighted by Gasteiger charge is 2.29. The molecule has 25 nitrogen and oxygen atoms in total. The molecule has 1 rings (SSSR count). The molecule has 0 spiro atoms. The van der Waals surface area contributed by atoms with Crippen LogP contribution in [0, 0.1) is 10.1 Å². The average molecular weight is 868 g/mol. The first-order valence-corrected chi connectivity index (χ1v) is 18.4. The van der Waals surface area contributed by atoms with Crippen LogP contribution in [-0.2, 0) is 47.9 Å². The maximum absolute atomic E-state index is 12.9. The maximum atomic E-state index is 12.9. The fraction of sp³-hybridized carbons (Fsp3) is 0.500. The number of rotatable bonds is 31. The average Bonchev–Trinajstić information content (AvgIpc) is 3.16. The molecule has 0 heterocycles. The van der Waals surface area contributed by atoms with E-state index in [-0.39, 0.29) is 62.5 Å². The third-order valence-electron chi connectivity index (χ3n) is 8.49. The van der Waals surface area contributed by atoms with Crippen LogP contribution in [0.25, 0.3) is 0 Å². The number of carbonyl (C=O) groups excluding carboxylic acids is 6. The molecular formula is C36H45N5O20. The Labute approximate surface area is 344 Å². The van der Waals surface area contributed by atoms with Gasteiger partial charge in [0.2, 0.25) is 23.6 Å². The standard InChI is InChI=1S/C36H45N5O20/c42-25(5-1-3-7-27(44)39-23(35(56)57)16-29(46)37-21(33(52)53)9-11-31(48)49)18-13-19(15-20(14-18)41(60)61)26(43)6-2-4-8-28(45)40-24(36(58)59)17-30(47)38-22(34(54)55)10-12-32(50)51/h13-15,21-24H,1-12,16-17H2,(H,37,46)(H,38,47)(H,39,44)(H,40,45)(H,48,49)(H,50,51)(H,52,53)(H,54,55)(H,56,57)(H,58,59)/t21-,22-,23+,24+/m0/s1. The zero-order chi connectivity index (χ0) is 46.4. The highest BCUT2D eigenvalue weighted by molar-refractivity contribution is 6.02. The van der Waals surface area contributed by atoms with E-state index >= 15 is 0 Å². The molecule has 0 aliphatic carbocycles. The van der Waals surface area contributed by atoms with E-state index in [0.717, 1.165) is 18.2 Å². The molecule has 4 atom stereocenters. The lowest BCUT2D eigenvalue weighted by molar-refractivity contribution is -0.384. The van der Waals surface area contributed by atoms with Crippen molar-refractivity contribution in [3.05, 3.63) is 39.4 Å². The molecule has 61 heavy (non-hydrogen) atoms. The Balaban J connectivity index is 2.71. The van der Waals surface area contributed by atoms with Gasteiger partial charge < -0.3 is 51.9 Å². The Morgan fingerprint density at radius 3 is 1.07 bits per heavy atom. The number of Topliss-reactive ketones (excluding diaryl/α,β-unsaturated/α-hetero) is 2. The topological polar surface area (TPSA) is 417 Å². The predicted octanol–water partition coefficient (Wildman–Crippen LogP) is -0.132. The Morgan fingerprint density at radius 1 is 0.459 bits per heavy atom. The molecule has 0 bridgehead atoms. The largest absolute Gasteiger partial charge is 0.481 e. The molecule has 0 unspecified atom stereocenters. The summed E-state index contributed by atoms with van der Waals surface area (Å²) in [4.78, 5) is 153. The number of nitrogens with zero attached hydrogens (tertiary/aromatic N) is 1. The minimum Gasteiger partial charge on any atom is -0.481 e.